The Bertz CT molecular complexity index is 334. The standard InChI is InChI=1S/C21H41NO4/c1-3-4-5-6-7-8-9-10-11-12-13-14-15-16-17-18-26-20(23)19-22-21(24)25-2/h3-19H2,1-2H3,(H,22,24). The molecule has 0 aliphatic carbocycles. The number of methoxy groups -OCH3 is 1. The lowest BCUT2D eigenvalue weighted by Gasteiger charge is -2.06. The van der Waals surface area contributed by atoms with Gasteiger partial charge in [-0.1, -0.05) is 96.8 Å². The van der Waals surface area contributed by atoms with Crippen molar-refractivity contribution in [3.05, 3.63) is 0 Å². The van der Waals surface area contributed by atoms with Crippen LogP contribution in [-0.4, -0.2) is 32.3 Å². The summed E-state index contributed by atoms with van der Waals surface area (Å²) in [5.74, 6) is -0.416. The van der Waals surface area contributed by atoms with E-state index < -0.39 is 12.1 Å². The second kappa shape index (κ2) is 20.1. The summed E-state index contributed by atoms with van der Waals surface area (Å²) < 4.78 is 9.42. The Hall–Kier alpha value is -1.26. The van der Waals surface area contributed by atoms with E-state index in [1.165, 1.54) is 90.6 Å². The van der Waals surface area contributed by atoms with Crippen LogP contribution in [0.5, 0.6) is 0 Å². The molecule has 0 aromatic heterocycles. The van der Waals surface area contributed by atoms with E-state index in [-0.39, 0.29) is 6.54 Å². The van der Waals surface area contributed by atoms with Crippen LogP contribution in [0.3, 0.4) is 0 Å². The molecule has 5 heteroatoms. The van der Waals surface area contributed by atoms with Crippen LogP contribution >= 0.6 is 0 Å². The first-order valence-electron chi connectivity index (χ1n) is 10.7. The predicted octanol–water partition coefficient (Wildman–Crippen LogP) is 5.76. The number of alkyl carbamates (subject to hydrolysis) is 1. The van der Waals surface area contributed by atoms with Crippen molar-refractivity contribution in [2.75, 3.05) is 20.3 Å². The lowest BCUT2D eigenvalue weighted by Crippen LogP contribution is -2.30. The molecule has 0 saturated carbocycles. The van der Waals surface area contributed by atoms with Gasteiger partial charge in [0.15, 0.2) is 0 Å². The molecular formula is C21H41NO4. The molecule has 0 spiro atoms. The van der Waals surface area contributed by atoms with Crippen LogP contribution < -0.4 is 5.32 Å². The number of rotatable bonds is 18. The summed E-state index contributed by atoms with van der Waals surface area (Å²) >= 11 is 0. The second-order valence-electron chi connectivity index (χ2n) is 7.02. The van der Waals surface area contributed by atoms with E-state index in [4.69, 9.17) is 4.74 Å². The minimum Gasteiger partial charge on any atom is -0.464 e. The van der Waals surface area contributed by atoms with E-state index in [2.05, 4.69) is 17.0 Å². The van der Waals surface area contributed by atoms with Gasteiger partial charge in [0.25, 0.3) is 0 Å². The maximum absolute atomic E-state index is 11.3. The number of ether oxygens (including phenoxy) is 2. The number of hydrogen-bond donors (Lipinski definition) is 1. The Morgan fingerprint density at radius 1 is 0.692 bits per heavy atom. The van der Waals surface area contributed by atoms with Crippen molar-refractivity contribution in [1.29, 1.82) is 0 Å². The van der Waals surface area contributed by atoms with Crippen molar-refractivity contribution in [1.82, 2.24) is 5.32 Å². The number of carbonyl (C=O) groups excluding carboxylic acids is 2. The normalized spacial score (nSPS) is 10.5. The molecule has 1 N–H and O–H groups in total. The quantitative estimate of drug-likeness (QED) is 0.246. The van der Waals surface area contributed by atoms with Crippen LogP contribution in [0.15, 0.2) is 0 Å². The van der Waals surface area contributed by atoms with E-state index in [1.54, 1.807) is 0 Å². The molecule has 0 unspecified atom stereocenters. The second-order valence-corrected chi connectivity index (χ2v) is 7.02. The van der Waals surface area contributed by atoms with Gasteiger partial charge in [-0.15, -0.1) is 0 Å². The third-order valence-corrected chi connectivity index (χ3v) is 4.57. The highest BCUT2D eigenvalue weighted by molar-refractivity contribution is 5.77. The van der Waals surface area contributed by atoms with Gasteiger partial charge in [0, 0.05) is 0 Å². The Balaban J connectivity index is 3.13. The van der Waals surface area contributed by atoms with Gasteiger partial charge in [-0.25, -0.2) is 4.79 Å². The van der Waals surface area contributed by atoms with Gasteiger partial charge in [0.05, 0.1) is 13.7 Å². The van der Waals surface area contributed by atoms with Crippen LogP contribution in [0.4, 0.5) is 4.79 Å². The zero-order valence-electron chi connectivity index (χ0n) is 17.2. The third-order valence-electron chi connectivity index (χ3n) is 4.57. The van der Waals surface area contributed by atoms with Gasteiger partial charge >= 0.3 is 12.1 Å². The summed E-state index contributed by atoms with van der Waals surface area (Å²) in [6, 6.07) is 0. The highest BCUT2D eigenvalue weighted by atomic mass is 16.5. The van der Waals surface area contributed by atoms with Crippen LogP contribution in [-0.2, 0) is 14.3 Å². The summed E-state index contributed by atoms with van der Waals surface area (Å²) in [6.45, 7) is 2.56. The van der Waals surface area contributed by atoms with Gasteiger partial charge in [-0.3, -0.25) is 4.79 Å². The van der Waals surface area contributed by atoms with Crippen molar-refractivity contribution < 1.29 is 19.1 Å². The van der Waals surface area contributed by atoms with Crippen LogP contribution in [0.2, 0.25) is 0 Å². The molecule has 0 saturated heterocycles. The van der Waals surface area contributed by atoms with Gasteiger partial charge < -0.3 is 14.8 Å². The summed E-state index contributed by atoms with van der Waals surface area (Å²) in [7, 11) is 1.26. The summed E-state index contributed by atoms with van der Waals surface area (Å²) in [6.07, 6.45) is 19.1. The lowest BCUT2D eigenvalue weighted by atomic mass is 10.0. The molecule has 0 bridgehead atoms. The monoisotopic (exact) mass is 371 g/mol. The van der Waals surface area contributed by atoms with E-state index in [0.29, 0.717) is 6.61 Å². The Labute approximate surface area is 160 Å². The van der Waals surface area contributed by atoms with Crippen molar-refractivity contribution in [2.45, 2.75) is 103 Å². The van der Waals surface area contributed by atoms with E-state index >= 15 is 0 Å². The number of esters is 1. The van der Waals surface area contributed by atoms with Gasteiger partial charge in [0.1, 0.15) is 6.54 Å². The first kappa shape index (κ1) is 24.7. The minimum absolute atomic E-state index is 0.134. The zero-order valence-corrected chi connectivity index (χ0v) is 17.2. The average molecular weight is 372 g/mol. The topological polar surface area (TPSA) is 64.6 Å². The molecule has 0 aliphatic rings. The number of nitrogens with one attached hydrogen (secondary N) is 1. The lowest BCUT2D eigenvalue weighted by molar-refractivity contribution is -0.142. The maximum Gasteiger partial charge on any atom is 0.407 e. The number of amides is 1. The Morgan fingerprint density at radius 2 is 1.12 bits per heavy atom. The molecule has 0 aromatic carbocycles. The summed E-state index contributed by atoms with van der Waals surface area (Å²) in [5.41, 5.74) is 0. The molecule has 0 radical (unpaired) electrons. The molecule has 0 aliphatic heterocycles. The molecule has 0 rings (SSSR count). The smallest absolute Gasteiger partial charge is 0.407 e. The molecule has 0 heterocycles. The summed E-state index contributed by atoms with van der Waals surface area (Å²) in [4.78, 5) is 22.1. The van der Waals surface area contributed by atoms with Crippen LogP contribution in [0.1, 0.15) is 103 Å². The highest BCUT2D eigenvalue weighted by Gasteiger charge is 2.05. The maximum atomic E-state index is 11.3. The van der Waals surface area contributed by atoms with Crippen LogP contribution in [0, 0.1) is 0 Å². The fourth-order valence-corrected chi connectivity index (χ4v) is 2.93. The molecule has 0 atom stereocenters. The van der Waals surface area contributed by atoms with Gasteiger partial charge in [-0.2, -0.15) is 0 Å². The van der Waals surface area contributed by atoms with Crippen molar-refractivity contribution in [2.24, 2.45) is 0 Å². The highest BCUT2D eigenvalue weighted by Crippen LogP contribution is 2.13. The first-order chi connectivity index (χ1) is 12.7. The molecule has 1 amide bonds. The van der Waals surface area contributed by atoms with E-state index in [1.807, 2.05) is 0 Å². The average Bonchev–Trinajstić information content (AvgIpc) is 2.65. The van der Waals surface area contributed by atoms with Crippen molar-refractivity contribution in [3.63, 3.8) is 0 Å². The van der Waals surface area contributed by atoms with E-state index in [9.17, 15) is 9.59 Å². The molecule has 154 valence electrons. The fraction of sp³-hybridized carbons (Fsp3) is 0.905. The zero-order chi connectivity index (χ0) is 19.3. The number of unbranched alkanes of at least 4 members (excludes halogenated alkanes) is 14. The molecule has 26 heavy (non-hydrogen) atoms. The SMILES string of the molecule is CCCCCCCCCCCCCCCCCOC(=O)CNC(=O)OC. The first-order valence-corrected chi connectivity index (χ1v) is 10.7. The Kier molecular flexibility index (Phi) is 19.1. The minimum atomic E-state index is -0.617. The molecule has 5 nitrogen and oxygen atoms in total. The third kappa shape index (κ3) is 19.1. The van der Waals surface area contributed by atoms with Gasteiger partial charge in [-0.05, 0) is 6.42 Å². The number of carbonyl (C=O) groups is 2. The Morgan fingerprint density at radius 3 is 1.54 bits per heavy atom. The van der Waals surface area contributed by atoms with Crippen molar-refractivity contribution >= 4 is 12.1 Å². The van der Waals surface area contributed by atoms with E-state index in [0.717, 1.165) is 12.8 Å². The fourth-order valence-electron chi connectivity index (χ4n) is 2.93. The number of hydrogen-bond acceptors (Lipinski definition) is 4. The summed E-state index contributed by atoms with van der Waals surface area (Å²) in [5, 5.41) is 2.30. The molecule has 0 fully saturated rings. The predicted molar refractivity (Wildman–Crippen MR) is 106 cm³/mol. The van der Waals surface area contributed by atoms with Crippen LogP contribution in [0.25, 0.3) is 0 Å². The van der Waals surface area contributed by atoms with Crippen molar-refractivity contribution in [3.8, 4) is 0 Å². The molecule has 0 aromatic rings. The molecular weight excluding hydrogens is 330 g/mol. The largest absolute Gasteiger partial charge is 0.464 e. The van der Waals surface area contributed by atoms with Gasteiger partial charge in [0.2, 0.25) is 0 Å².